The molecule has 0 radical (unpaired) electrons. The van der Waals surface area contributed by atoms with Crippen LogP contribution in [0.15, 0.2) is 42.6 Å². The van der Waals surface area contributed by atoms with Gasteiger partial charge in [-0.1, -0.05) is 12.1 Å². The van der Waals surface area contributed by atoms with Gasteiger partial charge in [0.2, 0.25) is 5.91 Å². The van der Waals surface area contributed by atoms with Gasteiger partial charge in [-0.15, -0.1) is 0 Å². The van der Waals surface area contributed by atoms with Crippen molar-refractivity contribution < 1.29 is 19.0 Å². The van der Waals surface area contributed by atoms with E-state index in [0.29, 0.717) is 18.0 Å². The van der Waals surface area contributed by atoms with Crippen LogP contribution in [0.2, 0.25) is 0 Å². The van der Waals surface area contributed by atoms with Gasteiger partial charge < -0.3 is 24.4 Å². The minimum atomic E-state index is -0.214. The monoisotopic (exact) mass is 436 g/mol. The van der Waals surface area contributed by atoms with Gasteiger partial charge in [-0.3, -0.25) is 4.79 Å². The number of nitrogens with zero attached hydrogens (tertiary/aromatic N) is 3. The summed E-state index contributed by atoms with van der Waals surface area (Å²) in [6.07, 6.45) is 5.28. The number of ether oxygens (including phenoxy) is 3. The Labute approximate surface area is 188 Å². The molecule has 3 rings (SSSR count). The molecule has 1 fully saturated rings. The number of hydrogen-bond acceptors (Lipinski definition) is 7. The summed E-state index contributed by atoms with van der Waals surface area (Å²) in [5, 5.41) is 11.5. The van der Waals surface area contributed by atoms with E-state index in [1.165, 1.54) is 13.2 Å². The van der Waals surface area contributed by atoms with E-state index in [-0.39, 0.29) is 24.7 Å². The summed E-state index contributed by atoms with van der Waals surface area (Å²) >= 11 is 0. The minimum Gasteiger partial charge on any atom is -0.493 e. The number of amides is 1. The van der Waals surface area contributed by atoms with Gasteiger partial charge in [-0.2, -0.15) is 5.26 Å². The van der Waals surface area contributed by atoms with Gasteiger partial charge >= 0.3 is 0 Å². The van der Waals surface area contributed by atoms with Gasteiger partial charge in [0, 0.05) is 31.9 Å². The van der Waals surface area contributed by atoms with Crippen LogP contribution in [-0.4, -0.2) is 49.9 Å². The Bertz CT molecular complexity index is 974. The Morgan fingerprint density at radius 1 is 1.28 bits per heavy atom. The number of rotatable bonds is 8. The molecule has 1 amide bonds. The Balaban J connectivity index is 1.52. The number of carbonyl (C=O) groups is 1. The van der Waals surface area contributed by atoms with Gasteiger partial charge in [0.05, 0.1) is 19.3 Å². The fourth-order valence-electron chi connectivity index (χ4n) is 3.51. The van der Waals surface area contributed by atoms with E-state index in [1.54, 1.807) is 30.5 Å². The largest absolute Gasteiger partial charge is 0.493 e. The van der Waals surface area contributed by atoms with Crippen molar-refractivity contribution in [1.82, 2.24) is 10.3 Å². The van der Waals surface area contributed by atoms with E-state index >= 15 is 0 Å². The lowest BCUT2D eigenvalue weighted by Crippen LogP contribution is -2.45. The molecule has 1 aromatic carbocycles. The van der Waals surface area contributed by atoms with Crippen molar-refractivity contribution in [3.05, 3.63) is 53.7 Å². The molecule has 2 unspecified atom stereocenters. The van der Waals surface area contributed by atoms with Crippen molar-refractivity contribution in [3.63, 3.8) is 0 Å². The van der Waals surface area contributed by atoms with Crippen LogP contribution in [0.25, 0.3) is 6.08 Å². The Kier molecular flexibility index (Phi) is 8.06. The highest BCUT2D eigenvalue weighted by atomic mass is 16.5. The van der Waals surface area contributed by atoms with Crippen LogP contribution in [-0.2, 0) is 16.1 Å². The summed E-state index contributed by atoms with van der Waals surface area (Å²) in [4.78, 5) is 19.0. The van der Waals surface area contributed by atoms with Crippen molar-refractivity contribution in [1.29, 1.82) is 5.26 Å². The Morgan fingerprint density at radius 3 is 2.72 bits per heavy atom. The maximum absolute atomic E-state index is 12.2. The van der Waals surface area contributed by atoms with Crippen LogP contribution >= 0.6 is 0 Å². The lowest BCUT2D eigenvalue weighted by Gasteiger charge is -2.36. The van der Waals surface area contributed by atoms with Crippen molar-refractivity contribution in [2.24, 2.45) is 0 Å². The number of methoxy groups -OCH3 is 1. The third-order valence-corrected chi connectivity index (χ3v) is 4.93. The second-order valence-corrected chi connectivity index (χ2v) is 7.60. The van der Waals surface area contributed by atoms with Crippen molar-refractivity contribution in [2.45, 2.75) is 32.6 Å². The van der Waals surface area contributed by atoms with Crippen LogP contribution in [0.5, 0.6) is 11.5 Å². The van der Waals surface area contributed by atoms with E-state index in [0.717, 1.165) is 30.0 Å². The van der Waals surface area contributed by atoms with E-state index in [1.807, 2.05) is 18.2 Å². The van der Waals surface area contributed by atoms with E-state index in [9.17, 15) is 4.79 Å². The molecule has 0 saturated carbocycles. The smallest absolute Gasteiger partial charge is 0.244 e. The molecule has 0 spiro atoms. The maximum Gasteiger partial charge on any atom is 0.244 e. The summed E-state index contributed by atoms with van der Waals surface area (Å²) in [6.45, 7) is 6.08. The second kappa shape index (κ2) is 11.2. The van der Waals surface area contributed by atoms with Gasteiger partial charge in [0.25, 0.3) is 0 Å². The molecule has 1 N–H and O–H groups in total. The van der Waals surface area contributed by atoms with Crippen LogP contribution in [0.3, 0.4) is 0 Å². The summed E-state index contributed by atoms with van der Waals surface area (Å²) in [5.74, 6) is 1.68. The number of carbonyl (C=O) groups excluding carboxylic acids is 1. The molecule has 32 heavy (non-hydrogen) atoms. The molecule has 1 saturated heterocycles. The quantitative estimate of drug-likeness (QED) is 0.636. The lowest BCUT2D eigenvalue weighted by molar-refractivity contribution is -0.116. The summed E-state index contributed by atoms with van der Waals surface area (Å²) < 4.78 is 16.3. The molecule has 0 bridgehead atoms. The minimum absolute atomic E-state index is 0.0610. The average Bonchev–Trinajstić information content (AvgIpc) is 2.80. The van der Waals surface area contributed by atoms with Crippen molar-refractivity contribution in [3.8, 4) is 17.6 Å². The van der Waals surface area contributed by atoms with Crippen molar-refractivity contribution in [2.75, 3.05) is 31.7 Å². The molecule has 2 atom stereocenters. The van der Waals surface area contributed by atoms with Crippen LogP contribution in [0.1, 0.15) is 25.0 Å². The van der Waals surface area contributed by atoms with E-state index in [2.05, 4.69) is 29.0 Å². The standard InChI is InChI=1S/C24H28N4O4/c1-17-15-28(16-18(2)32-17)23-8-5-20(13-26-23)14-27-24(29)9-6-19-4-7-21(31-11-10-25)22(12-19)30-3/h4-9,12-13,17-18H,11,14-16H2,1-3H3,(H,27,29)/b9-6+. The Hall–Kier alpha value is -3.57. The van der Waals surface area contributed by atoms with Crippen LogP contribution < -0.4 is 19.7 Å². The number of benzene rings is 1. The molecule has 1 aliphatic heterocycles. The van der Waals surface area contributed by atoms with Crippen molar-refractivity contribution >= 4 is 17.8 Å². The first-order valence-electron chi connectivity index (χ1n) is 10.5. The Morgan fingerprint density at radius 2 is 2.06 bits per heavy atom. The maximum atomic E-state index is 12.2. The molecule has 168 valence electrons. The first-order chi connectivity index (χ1) is 15.5. The highest BCUT2D eigenvalue weighted by Crippen LogP contribution is 2.28. The fourth-order valence-corrected chi connectivity index (χ4v) is 3.51. The SMILES string of the molecule is COc1cc(/C=C/C(=O)NCc2ccc(N3CC(C)OC(C)C3)nc2)ccc1OCC#N. The average molecular weight is 437 g/mol. The summed E-state index contributed by atoms with van der Waals surface area (Å²) in [6, 6.07) is 11.1. The number of pyridine rings is 1. The fraction of sp³-hybridized carbons (Fsp3) is 0.375. The number of nitriles is 1. The highest BCUT2D eigenvalue weighted by molar-refractivity contribution is 5.91. The molecule has 0 aliphatic carbocycles. The molecule has 2 heterocycles. The first-order valence-corrected chi connectivity index (χ1v) is 10.5. The van der Waals surface area contributed by atoms with Gasteiger partial charge in [-0.25, -0.2) is 4.98 Å². The van der Waals surface area contributed by atoms with Gasteiger partial charge in [-0.05, 0) is 49.2 Å². The predicted octanol–water partition coefficient (Wildman–Crippen LogP) is 2.94. The van der Waals surface area contributed by atoms with Gasteiger partial charge in [0.1, 0.15) is 11.9 Å². The third kappa shape index (κ3) is 6.46. The topological polar surface area (TPSA) is 96.7 Å². The zero-order chi connectivity index (χ0) is 22.9. The normalized spacial score (nSPS) is 18.2. The lowest BCUT2D eigenvalue weighted by atomic mass is 10.2. The molecule has 1 aliphatic rings. The summed E-state index contributed by atoms with van der Waals surface area (Å²) in [7, 11) is 1.52. The zero-order valence-corrected chi connectivity index (χ0v) is 18.6. The van der Waals surface area contributed by atoms with Crippen LogP contribution in [0.4, 0.5) is 5.82 Å². The molecular formula is C24H28N4O4. The number of morpholine rings is 1. The highest BCUT2D eigenvalue weighted by Gasteiger charge is 2.22. The molecular weight excluding hydrogens is 408 g/mol. The first kappa shape index (κ1) is 23.1. The zero-order valence-electron chi connectivity index (χ0n) is 18.6. The van der Waals surface area contributed by atoms with E-state index in [4.69, 9.17) is 19.5 Å². The predicted molar refractivity (Wildman–Crippen MR) is 121 cm³/mol. The number of hydrogen-bond donors (Lipinski definition) is 1. The molecule has 8 nitrogen and oxygen atoms in total. The molecule has 2 aromatic rings. The molecule has 8 heteroatoms. The van der Waals surface area contributed by atoms with Gasteiger partial charge in [0.15, 0.2) is 18.1 Å². The third-order valence-electron chi connectivity index (χ3n) is 4.93. The number of aromatic nitrogens is 1. The van der Waals surface area contributed by atoms with E-state index < -0.39 is 0 Å². The van der Waals surface area contributed by atoms with Crippen LogP contribution in [0, 0.1) is 11.3 Å². The summed E-state index contributed by atoms with van der Waals surface area (Å²) in [5.41, 5.74) is 1.70. The number of nitrogens with one attached hydrogen (secondary N) is 1. The molecule has 1 aromatic heterocycles. The number of anilines is 1. The second-order valence-electron chi connectivity index (χ2n) is 7.60.